The fourth-order valence-corrected chi connectivity index (χ4v) is 1.96. The monoisotopic (exact) mass is 372 g/mol. The molecule has 0 saturated heterocycles. The molecule has 0 aromatic heterocycles. The van der Waals surface area contributed by atoms with E-state index in [9.17, 15) is 39.6 Å². The van der Waals surface area contributed by atoms with Crippen LogP contribution in [0.3, 0.4) is 0 Å². The third kappa shape index (κ3) is 3.82. The lowest BCUT2D eigenvalue weighted by Gasteiger charge is -2.26. The first-order chi connectivity index (χ1) is 10.1. The molecule has 6 nitrogen and oxygen atoms in total. The molecule has 0 radical (unpaired) electrons. The molecule has 23 heavy (non-hydrogen) atoms. The Morgan fingerprint density at radius 2 is 1.78 bits per heavy atom. The van der Waals surface area contributed by atoms with Gasteiger partial charge in [-0.25, -0.2) is 4.79 Å². The minimum atomic E-state index is -6.27. The lowest BCUT2D eigenvalue weighted by Crippen LogP contribution is -2.42. The molecule has 0 aliphatic carbocycles. The van der Waals surface area contributed by atoms with Crippen LogP contribution in [0, 0.1) is 0 Å². The van der Waals surface area contributed by atoms with Crippen molar-refractivity contribution in [2.75, 3.05) is 6.61 Å². The Kier molecular flexibility index (Phi) is 4.86. The molecule has 13 heteroatoms. The number of halogens is 6. The van der Waals surface area contributed by atoms with Crippen molar-refractivity contribution >= 4 is 16.1 Å². The molecule has 1 atom stereocenters. The summed E-state index contributed by atoms with van der Waals surface area (Å²) in [6, 6.07) is 0. The Labute approximate surface area is 126 Å². The van der Waals surface area contributed by atoms with Gasteiger partial charge in [-0.3, -0.25) is 0 Å². The van der Waals surface area contributed by atoms with Crippen molar-refractivity contribution < 1.29 is 53.2 Å². The number of carbonyl (C=O) groups excluding carboxylic acids is 1. The third-order valence-corrected chi connectivity index (χ3v) is 3.62. The van der Waals surface area contributed by atoms with Crippen molar-refractivity contribution in [3.05, 3.63) is 11.5 Å². The second kappa shape index (κ2) is 5.76. The molecule has 0 bridgehead atoms. The second-order valence-electron chi connectivity index (χ2n) is 4.46. The van der Waals surface area contributed by atoms with E-state index in [1.807, 2.05) is 0 Å². The largest absolute Gasteiger partial charge is 0.534 e. The van der Waals surface area contributed by atoms with E-state index in [1.54, 1.807) is 0 Å². The number of hydrogen-bond acceptors (Lipinski definition) is 6. The third-order valence-electron chi connectivity index (χ3n) is 2.63. The molecule has 0 saturated carbocycles. The minimum absolute atomic E-state index is 0.340. The van der Waals surface area contributed by atoms with Gasteiger partial charge in [-0.15, -0.1) is 0 Å². The van der Waals surface area contributed by atoms with E-state index in [0.29, 0.717) is 6.92 Å². The van der Waals surface area contributed by atoms with Crippen LogP contribution in [0.1, 0.15) is 20.3 Å². The van der Waals surface area contributed by atoms with E-state index in [1.165, 1.54) is 6.92 Å². The van der Waals surface area contributed by atoms with E-state index in [0.717, 1.165) is 0 Å². The summed E-state index contributed by atoms with van der Waals surface area (Å²) >= 11 is 0. The summed E-state index contributed by atoms with van der Waals surface area (Å²) in [5.41, 5.74) is -9.03. The fraction of sp³-hybridized carbons (Fsp3) is 0.700. The summed E-state index contributed by atoms with van der Waals surface area (Å²) in [7, 11) is -6.27. The molecule has 1 rings (SSSR count). The average molecular weight is 372 g/mol. The Morgan fingerprint density at radius 3 is 2.17 bits per heavy atom. The van der Waals surface area contributed by atoms with Crippen molar-refractivity contribution in [2.45, 2.75) is 37.6 Å². The highest BCUT2D eigenvalue weighted by Crippen LogP contribution is 2.46. The standard InChI is InChI=1S/C10H10F6O6S/c1-3-20-7(17)6-5(22-23(18,19)10(14,15)16)4-8(2,21-6)9(11,12)13/h3-4H2,1-2H3. The SMILES string of the molecule is CCOC(=O)C1=C(OS(=O)(=O)C(F)(F)F)CC(C)(C(F)(F)F)O1. The maximum Gasteiger partial charge on any atom is 0.534 e. The maximum absolute atomic E-state index is 12.9. The van der Waals surface area contributed by atoms with Crippen LogP contribution in [-0.4, -0.2) is 38.3 Å². The van der Waals surface area contributed by atoms with Gasteiger partial charge >= 0.3 is 27.8 Å². The summed E-state index contributed by atoms with van der Waals surface area (Å²) in [5, 5.41) is 0. The number of hydrogen-bond donors (Lipinski definition) is 0. The van der Waals surface area contributed by atoms with Gasteiger partial charge in [0, 0.05) is 0 Å². The van der Waals surface area contributed by atoms with Gasteiger partial charge in [0.1, 0.15) is 0 Å². The predicted octanol–water partition coefficient (Wildman–Crippen LogP) is 2.37. The summed E-state index contributed by atoms with van der Waals surface area (Å²) in [5.74, 6) is -4.38. The van der Waals surface area contributed by atoms with E-state index < -0.39 is 51.3 Å². The van der Waals surface area contributed by atoms with Gasteiger partial charge in [-0.05, 0) is 13.8 Å². The number of ether oxygens (including phenoxy) is 2. The highest BCUT2D eigenvalue weighted by atomic mass is 32.2. The molecule has 1 aliphatic heterocycles. The molecule has 1 aliphatic rings. The number of rotatable bonds is 4. The molecular formula is C10H10F6O6S. The number of carbonyl (C=O) groups is 1. The lowest BCUT2D eigenvalue weighted by atomic mass is 10.0. The number of alkyl halides is 6. The van der Waals surface area contributed by atoms with E-state index in [2.05, 4.69) is 13.7 Å². The van der Waals surface area contributed by atoms with Crippen LogP contribution in [0.2, 0.25) is 0 Å². The molecule has 134 valence electrons. The normalized spacial score (nSPS) is 22.8. The van der Waals surface area contributed by atoms with Gasteiger partial charge in [0.15, 0.2) is 5.76 Å². The highest BCUT2D eigenvalue weighted by molar-refractivity contribution is 7.87. The van der Waals surface area contributed by atoms with Gasteiger partial charge in [-0.2, -0.15) is 34.8 Å². The van der Waals surface area contributed by atoms with Crippen LogP contribution in [0.25, 0.3) is 0 Å². The molecule has 0 amide bonds. The highest BCUT2D eigenvalue weighted by Gasteiger charge is 2.61. The minimum Gasteiger partial charge on any atom is -0.468 e. The van der Waals surface area contributed by atoms with Gasteiger partial charge in [0.2, 0.25) is 11.4 Å². The first kappa shape index (κ1) is 19.4. The van der Waals surface area contributed by atoms with E-state index >= 15 is 0 Å². The van der Waals surface area contributed by atoms with E-state index in [4.69, 9.17) is 0 Å². The van der Waals surface area contributed by atoms with Crippen molar-refractivity contribution in [1.82, 2.24) is 0 Å². The zero-order valence-electron chi connectivity index (χ0n) is 11.5. The Balaban J connectivity index is 3.26. The molecule has 0 aromatic carbocycles. The molecule has 0 fully saturated rings. The van der Waals surface area contributed by atoms with Crippen molar-refractivity contribution in [1.29, 1.82) is 0 Å². The molecule has 0 spiro atoms. The van der Waals surface area contributed by atoms with Crippen LogP contribution in [0.15, 0.2) is 11.5 Å². The summed E-state index contributed by atoms with van der Waals surface area (Å²) in [6.45, 7) is 1.35. The zero-order chi connectivity index (χ0) is 18.3. The van der Waals surface area contributed by atoms with Crippen molar-refractivity contribution in [2.24, 2.45) is 0 Å². The van der Waals surface area contributed by atoms with Crippen LogP contribution in [0.5, 0.6) is 0 Å². The molecule has 1 unspecified atom stereocenters. The van der Waals surface area contributed by atoms with Crippen LogP contribution < -0.4 is 0 Å². The topological polar surface area (TPSA) is 78.9 Å². The summed E-state index contributed by atoms with van der Waals surface area (Å²) in [4.78, 5) is 11.5. The summed E-state index contributed by atoms with van der Waals surface area (Å²) < 4.78 is 110. The van der Waals surface area contributed by atoms with Gasteiger partial charge in [-0.1, -0.05) is 0 Å². The second-order valence-corrected chi connectivity index (χ2v) is 6.00. The van der Waals surface area contributed by atoms with Crippen molar-refractivity contribution in [3.8, 4) is 0 Å². The molecule has 1 heterocycles. The van der Waals surface area contributed by atoms with Crippen LogP contribution in [0.4, 0.5) is 26.3 Å². The smallest absolute Gasteiger partial charge is 0.468 e. The quantitative estimate of drug-likeness (QED) is 0.326. The maximum atomic E-state index is 12.9. The molecular weight excluding hydrogens is 362 g/mol. The average Bonchev–Trinajstić information content (AvgIpc) is 2.65. The van der Waals surface area contributed by atoms with Crippen molar-refractivity contribution in [3.63, 3.8) is 0 Å². The Morgan fingerprint density at radius 1 is 1.26 bits per heavy atom. The van der Waals surface area contributed by atoms with Gasteiger partial charge in [0.25, 0.3) is 0 Å². The van der Waals surface area contributed by atoms with E-state index in [-0.39, 0.29) is 6.61 Å². The van der Waals surface area contributed by atoms with Crippen LogP contribution in [-0.2, 0) is 28.6 Å². The zero-order valence-corrected chi connectivity index (χ0v) is 12.4. The summed E-state index contributed by atoms with van der Waals surface area (Å²) in [6.07, 6.45) is -6.56. The van der Waals surface area contributed by atoms with Gasteiger partial charge in [0.05, 0.1) is 13.0 Å². The predicted molar refractivity (Wildman–Crippen MR) is 59.9 cm³/mol. The lowest BCUT2D eigenvalue weighted by molar-refractivity contribution is -0.252. The van der Waals surface area contributed by atoms with Crippen LogP contribution >= 0.6 is 0 Å². The molecule has 0 aromatic rings. The first-order valence-corrected chi connectivity index (χ1v) is 7.22. The Hall–Kier alpha value is -1.66. The molecule has 0 N–H and O–H groups in total. The fourth-order valence-electron chi connectivity index (χ4n) is 1.46. The first-order valence-electron chi connectivity index (χ1n) is 5.81. The number of esters is 1. The van der Waals surface area contributed by atoms with Gasteiger partial charge < -0.3 is 13.7 Å². The Bertz CT molecular complexity index is 619.